The van der Waals surface area contributed by atoms with Crippen molar-refractivity contribution in [2.45, 2.75) is 32.4 Å². The van der Waals surface area contributed by atoms with Crippen LogP contribution in [0.4, 0.5) is 0 Å². The van der Waals surface area contributed by atoms with Crippen molar-refractivity contribution in [3.8, 4) is 0 Å². The summed E-state index contributed by atoms with van der Waals surface area (Å²) in [4.78, 5) is 0. The summed E-state index contributed by atoms with van der Waals surface area (Å²) in [5.74, 6) is 2.35. The molecule has 0 saturated heterocycles. The van der Waals surface area contributed by atoms with Crippen LogP contribution in [0.15, 0.2) is 48.5 Å². The minimum Gasteiger partial charge on any atom is -0.303 e. The van der Waals surface area contributed by atoms with E-state index in [1.807, 2.05) is 11.8 Å². The van der Waals surface area contributed by atoms with Crippen molar-refractivity contribution in [2.75, 3.05) is 11.5 Å². The molecule has 0 bridgehead atoms. The largest absolute Gasteiger partial charge is 0.303 e. The van der Waals surface area contributed by atoms with E-state index in [1.54, 1.807) is 0 Å². The first-order valence-electron chi connectivity index (χ1n) is 7.79. The van der Waals surface area contributed by atoms with Crippen molar-refractivity contribution in [3.05, 3.63) is 70.8 Å². The molecule has 0 fully saturated rings. The van der Waals surface area contributed by atoms with Gasteiger partial charge in [0.25, 0.3) is 0 Å². The second-order valence-electron chi connectivity index (χ2n) is 5.73. The number of hydrogen-bond acceptors (Lipinski definition) is 2. The van der Waals surface area contributed by atoms with Crippen LogP contribution in [0.5, 0.6) is 0 Å². The average Bonchev–Trinajstić information content (AvgIpc) is 2.52. The molecule has 0 heterocycles. The number of hydrogen-bond donors (Lipinski definition) is 1. The highest BCUT2D eigenvalue weighted by Crippen LogP contribution is 2.35. The van der Waals surface area contributed by atoms with E-state index < -0.39 is 0 Å². The summed E-state index contributed by atoms with van der Waals surface area (Å²) in [6.45, 7) is 4.52. The van der Waals surface area contributed by atoms with E-state index >= 15 is 0 Å². The normalized spacial score (nSPS) is 15.3. The Hall–Kier alpha value is -1.25. The Kier molecular flexibility index (Phi) is 4.67. The fourth-order valence-electron chi connectivity index (χ4n) is 3.13. The predicted molar refractivity (Wildman–Crippen MR) is 93.1 cm³/mol. The van der Waals surface area contributed by atoms with E-state index in [2.05, 4.69) is 67.7 Å². The Morgan fingerprint density at radius 3 is 2.19 bits per heavy atom. The molecule has 2 aromatic rings. The van der Waals surface area contributed by atoms with Gasteiger partial charge in [0.2, 0.25) is 0 Å². The second-order valence-corrected chi connectivity index (χ2v) is 7.05. The third-order valence-corrected chi connectivity index (χ3v) is 5.28. The van der Waals surface area contributed by atoms with Gasteiger partial charge in [0.1, 0.15) is 0 Å². The Morgan fingerprint density at radius 2 is 1.62 bits per heavy atom. The molecule has 1 N–H and O–H groups in total. The van der Waals surface area contributed by atoms with Gasteiger partial charge < -0.3 is 5.32 Å². The molecule has 21 heavy (non-hydrogen) atoms. The van der Waals surface area contributed by atoms with Crippen LogP contribution >= 0.6 is 11.8 Å². The monoisotopic (exact) mass is 297 g/mol. The minimum atomic E-state index is 0.332. The van der Waals surface area contributed by atoms with Gasteiger partial charge in [-0.2, -0.15) is 11.8 Å². The molecule has 1 unspecified atom stereocenters. The number of fused-ring (bicyclic) bond motifs is 2. The fourth-order valence-corrected chi connectivity index (χ4v) is 3.82. The average molecular weight is 297 g/mol. The van der Waals surface area contributed by atoms with Crippen molar-refractivity contribution in [2.24, 2.45) is 0 Å². The molecule has 0 radical (unpaired) electrons. The zero-order chi connectivity index (χ0) is 14.7. The van der Waals surface area contributed by atoms with Crippen molar-refractivity contribution < 1.29 is 0 Å². The molecular formula is C19H23NS. The molecule has 1 nitrogen and oxygen atoms in total. The topological polar surface area (TPSA) is 12.0 Å². The van der Waals surface area contributed by atoms with E-state index in [9.17, 15) is 0 Å². The number of rotatable bonds is 5. The Bertz CT molecular complexity index is 563. The van der Waals surface area contributed by atoms with Gasteiger partial charge in [-0.25, -0.2) is 0 Å². The maximum atomic E-state index is 3.85. The van der Waals surface area contributed by atoms with Gasteiger partial charge in [0.05, 0.1) is 6.04 Å². The van der Waals surface area contributed by atoms with Gasteiger partial charge in [-0.1, -0.05) is 55.5 Å². The van der Waals surface area contributed by atoms with E-state index in [1.165, 1.54) is 28.0 Å². The highest BCUT2D eigenvalue weighted by Gasteiger charge is 2.25. The Labute approximate surface area is 132 Å². The lowest BCUT2D eigenvalue weighted by Crippen LogP contribution is -2.35. The molecule has 0 aromatic heterocycles. The zero-order valence-electron chi connectivity index (χ0n) is 12.8. The zero-order valence-corrected chi connectivity index (χ0v) is 13.6. The summed E-state index contributed by atoms with van der Waals surface area (Å²) in [5.41, 5.74) is 5.82. The molecule has 110 valence electrons. The summed E-state index contributed by atoms with van der Waals surface area (Å²) in [6.07, 6.45) is 1.06. The fraction of sp³-hybridized carbons (Fsp3) is 0.368. The third kappa shape index (κ3) is 3.17. The van der Waals surface area contributed by atoms with Crippen LogP contribution in [-0.2, 0) is 6.42 Å². The number of benzene rings is 2. The van der Waals surface area contributed by atoms with Crippen LogP contribution in [0.25, 0.3) is 0 Å². The van der Waals surface area contributed by atoms with Crippen molar-refractivity contribution >= 4 is 11.8 Å². The van der Waals surface area contributed by atoms with Crippen molar-refractivity contribution in [1.29, 1.82) is 0 Å². The minimum absolute atomic E-state index is 0.332. The summed E-state index contributed by atoms with van der Waals surface area (Å²) in [6, 6.07) is 18.6. The van der Waals surface area contributed by atoms with Crippen LogP contribution in [-0.4, -0.2) is 17.5 Å². The highest BCUT2D eigenvalue weighted by atomic mass is 32.2. The van der Waals surface area contributed by atoms with Gasteiger partial charge in [0, 0.05) is 11.8 Å². The Balaban J connectivity index is 1.91. The van der Waals surface area contributed by atoms with E-state index in [0.29, 0.717) is 12.1 Å². The molecule has 1 aliphatic carbocycles. The molecule has 3 rings (SSSR count). The molecule has 0 amide bonds. The molecule has 1 aliphatic rings. The Morgan fingerprint density at radius 1 is 1.05 bits per heavy atom. The van der Waals surface area contributed by atoms with E-state index in [4.69, 9.17) is 0 Å². The number of nitrogens with one attached hydrogen (secondary N) is 1. The lowest BCUT2D eigenvalue weighted by Gasteiger charge is -2.31. The van der Waals surface area contributed by atoms with Crippen molar-refractivity contribution in [1.82, 2.24) is 5.32 Å². The van der Waals surface area contributed by atoms with Crippen LogP contribution in [0.2, 0.25) is 0 Å². The third-order valence-electron chi connectivity index (χ3n) is 4.14. The summed E-state index contributed by atoms with van der Waals surface area (Å²) in [5, 5.41) is 3.85. The van der Waals surface area contributed by atoms with E-state index in [0.717, 1.165) is 12.2 Å². The van der Waals surface area contributed by atoms with Crippen LogP contribution < -0.4 is 5.32 Å². The first-order valence-corrected chi connectivity index (χ1v) is 8.94. The maximum absolute atomic E-state index is 3.85. The molecule has 2 heteroatoms. The van der Waals surface area contributed by atoms with Gasteiger partial charge >= 0.3 is 0 Å². The van der Waals surface area contributed by atoms with Crippen LogP contribution in [0, 0.1) is 0 Å². The van der Waals surface area contributed by atoms with Crippen molar-refractivity contribution in [3.63, 3.8) is 0 Å². The SMILES string of the molecule is CCSCC(C)NC1c2ccccc2Cc2ccccc21. The van der Waals surface area contributed by atoms with Crippen LogP contribution in [0.1, 0.15) is 42.1 Å². The molecule has 2 aromatic carbocycles. The van der Waals surface area contributed by atoms with Gasteiger partial charge in [-0.3, -0.25) is 0 Å². The lowest BCUT2D eigenvalue weighted by atomic mass is 9.82. The maximum Gasteiger partial charge on any atom is 0.0584 e. The van der Waals surface area contributed by atoms with Crippen LogP contribution in [0.3, 0.4) is 0 Å². The molecule has 1 atom stereocenters. The smallest absolute Gasteiger partial charge is 0.0584 e. The molecular weight excluding hydrogens is 274 g/mol. The van der Waals surface area contributed by atoms with Gasteiger partial charge in [-0.15, -0.1) is 0 Å². The first kappa shape index (κ1) is 14.7. The molecule has 0 saturated carbocycles. The standard InChI is InChI=1S/C19H23NS/c1-3-21-13-14(2)20-19-17-10-6-4-8-15(17)12-16-9-5-7-11-18(16)19/h4-11,14,19-20H,3,12-13H2,1-2H3. The summed E-state index contributed by atoms with van der Waals surface area (Å²) >= 11 is 2.00. The summed E-state index contributed by atoms with van der Waals surface area (Å²) < 4.78 is 0. The molecule has 0 spiro atoms. The van der Waals surface area contributed by atoms with Gasteiger partial charge in [-0.05, 0) is 41.4 Å². The second kappa shape index (κ2) is 6.67. The van der Waals surface area contributed by atoms with Gasteiger partial charge in [0.15, 0.2) is 0 Å². The summed E-state index contributed by atoms with van der Waals surface area (Å²) in [7, 11) is 0. The quantitative estimate of drug-likeness (QED) is 0.877. The number of thioether (sulfide) groups is 1. The first-order chi connectivity index (χ1) is 10.3. The lowest BCUT2D eigenvalue weighted by molar-refractivity contribution is 0.524. The van der Waals surface area contributed by atoms with E-state index in [-0.39, 0.29) is 0 Å². The highest BCUT2D eigenvalue weighted by molar-refractivity contribution is 7.99. The molecule has 0 aliphatic heterocycles. The predicted octanol–water partition coefficient (Wildman–Crippen LogP) is 4.41.